The number of hydrogen-bond acceptors (Lipinski definition) is 5. The van der Waals surface area contributed by atoms with Gasteiger partial charge in [-0.05, 0) is 30.7 Å². The molecule has 1 saturated heterocycles. The Morgan fingerprint density at radius 3 is 2.62 bits per heavy atom. The maximum Gasteiger partial charge on any atom is 0.254 e. The minimum Gasteiger partial charge on any atom is -0.345 e. The predicted octanol–water partition coefficient (Wildman–Crippen LogP) is 2.70. The van der Waals surface area contributed by atoms with Crippen LogP contribution in [0.4, 0.5) is 0 Å². The Kier molecular flexibility index (Phi) is 5.05. The molecular formula is C24H24N6O2. The highest BCUT2D eigenvalue weighted by Crippen LogP contribution is 2.30. The van der Waals surface area contributed by atoms with Crippen molar-refractivity contribution in [1.82, 2.24) is 29.8 Å². The lowest BCUT2D eigenvalue weighted by Gasteiger charge is -2.18. The molecule has 0 N–H and O–H groups in total. The van der Waals surface area contributed by atoms with Crippen LogP contribution in [0.25, 0.3) is 21.9 Å². The number of carbonyl (C=O) groups is 2. The van der Waals surface area contributed by atoms with E-state index in [1.807, 2.05) is 59.5 Å². The van der Waals surface area contributed by atoms with Crippen molar-refractivity contribution in [1.29, 1.82) is 0 Å². The molecular weight excluding hydrogens is 404 g/mol. The highest BCUT2D eigenvalue weighted by Gasteiger charge is 2.30. The monoisotopic (exact) mass is 428 g/mol. The van der Waals surface area contributed by atoms with E-state index < -0.39 is 0 Å². The molecule has 0 radical (unpaired) electrons. The van der Waals surface area contributed by atoms with Crippen LogP contribution >= 0.6 is 0 Å². The first-order valence-corrected chi connectivity index (χ1v) is 10.7. The third kappa shape index (κ3) is 3.57. The smallest absolute Gasteiger partial charge is 0.254 e. The van der Waals surface area contributed by atoms with E-state index in [1.165, 1.54) is 0 Å². The van der Waals surface area contributed by atoms with Crippen LogP contribution in [0.5, 0.6) is 0 Å². The second-order valence-corrected chi connectivity index (χ2v) is 8.37. The van der Waals surface area contributed by atoms with Crippen LogP contribution in [-0.4, -0.2) is 68.8 Å². The van der Waals surface area contributed by atoms with Gasteiger partial charge in [-0.3, -0.25) is 14.6 Å². The average Bonchev–Trinajstić information content (AvgIpc) is 3.46. The topological polar surface area (TPSA) is 84.2 Å². The van der Waals surface area contributed by atoms with E-state index >= 15 is 0 Å². The van der Waals surface area contributed by atoms with E-state index in [1.54, 1.807) is 23.7 Å². The number of carbonyl (C=O) groups excluding carboxylic acids is 2. The van der Waals surface area contributed by atoms with Gasteiger partial charge in [0, 0.05) is 44.2 Å². The Hall–Kier alpha value is -3.81. The number of rotatable bonds is 4. The Labute approximate surface area is 185 Å². The quantitative estimate of drug-likeness (QED) is 0.499. The summed E-state index contributed by atoms with van der Waals surface area (Å²) >= 11 is 0. The number of amides is 2. The van der Waals surface area contributed by atoms with Crippen molar-refractivity contribution in [2.24, 2.45) is 0 Å². The van der Waals surface area contributed by atoms with Gasteiger partial charge in [0.15, 0.2) is 0 Å². The molecule has 5 rings (SSSR count). The van der Waals surface area contributed by atoms with E-state index in [0.29, 0.717) is 18.7 Å². The summed E-state index contributed by atoms with van der Waals surface area (Å²) in [7, 11) is 3.50. The second kappa shape index (κ2) is 8.03. The Morgan fingerprint density at radius 2 is 1.81 bits per heavy atom. The summed E-state index contributed by atoms with van der Waals surface area (Å²) < 4.78 is 1.65. The van der Waals surface area contributed by atoms with Gasteiger partial charge < -0.3 is 9.80 Å². The summed E-state index contributed by atoms with van der Waals surface area (Å²) in [6.45, 7) is 1.39. The number of nitrogens with zero attached hydrogens (tertiary/aromatic N) is 6. The standard InChI is InChI=1S/C24H24N6O2/c1-28(2)24(32)18-13-21(25-19-8-4-3-7-17(18)19)16-11-12-29(14-16)23(31)15-30-22-10-6-5-9-20(22)26-27-30/h3-10,13,16H,11-12,14-15H2,1-2H3/t16-/m1/s1. The van der Waals surface area contributed by atoms with Crippen molar-refractivity contribution in [3.8, 4) is 0 Å². The lowest BCUT2D eigenvalue weighted by molar-refractivity contribution is -0.130. The van der Waals surface area contributed by atoms with Gasteiger partial charge in [0.1, 0.15) is 12.1 Å². The molecule has 8 heteroatoms. The molecule has 0 saturated carbocycles. The summed E-state index contributed by atoms with van der Waals surface area (Å²) in [5.41, 5.74) is 3.93. The van der Waals surface area contributed by atoms with Gasteiger partial charge in [-0.15, -0.1) is 5.10 Å². The maximum atomic E-state index is 13.0. The SMILES string of the molecule is CN(C)C(=O)c1cc([C@@H]2CCN(C(=O)Cn3nnc4ccccc43)C2)nc2ccccc12. The van der Waals surface area contributed by atoms with Crippen molar-refractivity contribution >= 4 is 33.8 Å². The van der Waals surface area contributed by atoms with Gasteiger partial charge in [0.05, 0.1) is 16.6 Å². The van der Waals surface area contributed by atoms with Crippen molar-refractivity contribution in [2.45, 2.75) is 18.9 Å². The van der Waals surface area contributed by atoms with Crippen molar-refractivity contribution in [2.75, 3.05) is 27.2 Å². The molecule has 0 unspecified atom stereocenters. The average molecular weight is 428 g/mol. The van der Waals surface area contributed by atoms with Crippen LogP contribution in [0.2, 0.25) is 0 Å². The zero-order valence-corrected chi connectivity index (χ0v) is 18.1. The van der Waals surface area contributed by atoms with Gasteiger partial charge >= 0.3 is 0 Å². The van der Waals surface area contributed by atoms with Crippen molar-refractivity contribution in [3.63, 3.8) is 0 Å². The lowest BCUT2D eigenvalue weighted by Crippen LogP contribution is -2.32. The molecule has 0 spiro atoms. The molecule has 2 aromatic heterocycles. The minimum atomic E-state index is -0.0474. The second-order valence-electron chi connectivity index (χ2n) is 8.37. The normalized spacial score (nSPS) is 16.1. The zero-order chi connectivity index (χ0) is 22.2. The van der Waals surface area contributed by atoms with Crippen LogP contribution in [0.15, 0.2) is 54.6 Å². The van der Waals surface area contributed by atoms with Crippen molar-refractivity contribution < 1.29 is 9.59 Å². The first kappa shape index (κ1) is 20.1. The first-order chi connectivity index (χ1) is 15.5. The Bertz CT molecular complexity index is 1330. The molecule has 2 amide bonds. The molecule has 32 heavy (non-hydrogen) atoms. The highest BCUT2D eigenvalue weighted by atomic mass is 16.2. The largest absolute Gasteiger partial charge is 0.345 e. The fourth-order valence-electron chi connectivity index (χ4n) is 4.31. The molecule has 3 heterocycles. The Balaban J connectivity index is 1.38. The number of benzene rings is 2. The molecule has 1 aliphatic heterocycles. The third-order valence-corrected chi connectivity index (χ3v) is 6.04. The number of aromatic nitrogens is 4. The number of pyridine rings is 1. The lowest BCUT2D eigenvalue weighted by atomic mass is 9.99. The predicted molar refractivity (Wildman–Crippen MR) is 121 cm³/mol. The Morgan fingerprint density at radius 1 is 1.06 bits per heavy atom. The van der Waals surface area contributed by atoms with Gasteiger partial charge in [-0.25, -0.2) is 4.68 Å². The van der Waals surface area contributed by atoms with Crippen LogP contribution in [-0.2, 0) is 11.3 Å². The van der Waals surface area contributed by atoms with E-state index in [2.05, 4.69) is 10.3 Å². The van der Waals surface area contributed by atoms with Gasteiger partial charge in [0.2, 0.25) is 5.91 Å². The molecule has 1 fully saturated rings. The van der Waals surface area contributed by atoms with E-state index in [0.717, 1.165) is 34.1 Å². The number of likely N-dealkylation sites (tertiary alicyclic amines) is 1. The molecule has 1 aliphatic rings. The van der Waals surface area contributed by atoms with E-state index in [4.69, 9.17) is 4.98 Å². The molecule has 1 atom stereocenters. The molecule has 0 bridgehead atoms. The van der Waals surface area contributed by atoms with Gasteiger partial charge in [0.25, 0.3) is 5.91 Å². The first-order valence-electron chi connectivity index (χ1n) is 10.7. The zero-order valence-electron chi connectivity index (χ0n) is 18.1. The summed E-state index contributed by atoms with van der Waals surface area (Å²) in [4.78, 5) is 34.0. The fraction of sp³-hybridized carbons (Fsp3) is 0.292. The van der Waals surface area contributed by atoms with Gasteiger partial charge in [-0.1, -0.05) is 35.5 Å². The molecule has 162 valence electrons. The van der Waals surface area contributed by atoms with Crippen molar-refractivity contribution in [3.05, 3.63) is 65.9 Å². The summed E-state index contributed by atoms with van der Waals surface area (Å²) in [5.74, 6) is 0.0483. The van der Waals surface area contributed by atoms with Crippen LogP contribution in [0, 0.1) is 0 Å². The summed E-state index contributed by atoms with van der Waals surface area (Å²) in [6.07, 6.45) is 0.810. The third-order valence-electron chi connectivity index (χ3n) is 6.04. The summed E-state index contributed by atoms with van der Waals surface area (Å²) in [6, 6.07) is 17.2. The van der Waals surface area contributed by atoms with Gasteiger partial charge in [-0.2, -0.15) is 0 Å². The number of hydrogen-bond donors (Lipinski definition) is 0. The molecule has 2 aromatic carbocycles. The minimum absolute atomic E-state index is 0.00790. The molecule has 4 aromatic rings. The number of para-hydroxylation sites is 2. The van der Waals surface area contributed by atoms with E-state index in [9.17, 15) is 9.59 Å². The summed E-state index contributed by atoms with van der Waals surface area (Å²) in [5, 5.41) is 9.10. The van der Waals surface area contributed by atoms with E-state index in [-0.39, 0.29) is 24.3 Å². The van der Waals surface area contributed by atoms with Crippen LogP contribution < -0.4 is 0 Å². The van der Waals surface area contributed by atoms with Crippen LogP contribution in [0.1, 0.15) is 28.4 Å². The molecule has 0 aliphatic carbocycles. The van der Waals surface area contributed by atoms with Crippen LogP contribution in [0.3, 0.4) is 0 Å². The molecule has 8 nitrogen and oxygen atoms in total. The fourth-order valence-corrected chi connectivity index (χ4v) is 4.31. The number of fused-ring (bicyclic) bond motifs is 2. The highest BCUT2D eigenvalue weighted by molar-refractivity contribution is 6.06. The maximum absolute atomic E-state index is 13.0.